The van der Waals surface area contributed by atoms with E-state index in [1.807, 2.05) is 31.8 Å². The molecule has 0 unspecified atom stereocenters. The van der Waals surface area contributed by atoms with E-state index in [1.54, 1.807) is 23.4 Å². The lowest BCUT2D eigenvalue weighted by atomic mass is 10.4. The summed E-state index contributed by atoms with van der Waals surface area (Å²) in [5.74, 6) is 1.55. The van der Waals surface area contributed by atoms with E-state index in [0.29, 0.717) is 19.6 Å². The summed E-state index contributed by atoms with van der Waals surface area (Å²) < 4.78 is 3.55. The Morgan fingerprint density at radius 3 is 2.77 bits per heavy atom. The van der Waals surface area contributed by atoms with Gasteiger partial charge in [0.2, 0.25) is 0 Å². The lowest BCUT2D eigenvalue weighted by Gasteiger charge is -2.12. The second-order valence-electron chi connectivity index (χ2n) is 5.72. The van der Waals surface area contributed by atoms with Gasteiger partial charge in [-0.15, -0.1) is 0 Å². The van der Waals surface area contributed by atoms with Gasteiger partial charge in [0.1, 0.15) is 12.1 Å². The van der Waals surface area contributed by atoms with E-state index in [2.05, 4.69) is 41.1 Å². The molecule has 3 rings (SSSR count). The molecule has 0 aliphatic carbocycles. The summed E-state index contributed by atoms with van der Waals surface area (Å²) in [5, 5.41) is 19.1. The predicted molar refractivity (Wildman–Crippen MR) is 101 cm³/mol. The van der Waals surface area contributed by atoms with Gasteiger partial charge in [0.25, 0.3) is 0 Å². The van der Waals surface area contributed by atoms with Crippen molar-refractivity contribution in [2.24, 2.45) is 19.1 Å². The highest BCUT2D eigenvalue weighted by atomic mass is 15.3. The lowest BCUT2D eigenvalue weighted by molar-refractivity contribution is 0.707. The van der Waals surface area contributed by atoms with E-state index in [0.717, 1.165) is 35.0 Å². The summed E-state index contributed by atoms with van der Waals surface area (Å²) in [6, 6.07) is 1.96. The van der Waals surface area contributed by atoms with Crippen molar-refractivity contribution in [2.75, 3.05) is 25.0 Å². The van der Waals surface area contributed by atoms with Gasteiger partial charge in [0, 0.05) is 39.9 Å². The molecular weight excluding hydrogens is 332 g/mol. The first kappa shape index (κ1) is 17.6. The zero-order valence-corrected chi connectivity index (χ0v) is 15.3. The number of aryl methyl sites for hydroxylation is 2. The van der Waals surface area contributed by atoms with Crippen molar-refractivity contribution < 1.29 is 0 Å². The molecule has 138 valence electrons. The maximum absolute atomic E-state index is 4.58. The minimum atomic E-state index is 0.571. The number of hydrogen-bond donors (Lipinski definition) is 3. The van der Waals surface area contributed by atoms with E-state index < -0.39 is 0 Å². The largest absolute Gasteiger partial charge is 0.368 e. The van der Waals surface area contributed by atoms with Crippen LogP contribution in [0.25, 0.3) is 11.0 Å². The van der Waals surface area contributed by atoms with Gasteiger partial charge in [-0.1, -0.05) is 0 Å². The smallest absolute Gasteiger partial charge is 0.191 e. The summed E-state index contributed by atoms with van der Waals surface area (Å²) in [6.45, 7) is 4.80. The molecule has 0 bridgehead atoms. The fourth-order valence-electron chi connectivity index (χ4n) is 2.52. The highest BCUT2D eigenvalue weighted by Crippen LogP contribution is 2.16. The minimum Gasteiger partial charge on any atom is -0.368 e. The SMILES string of the molecule is CCNC(=NCc1ccnn1C)NCCNc1ncnc2c1cnn2C. The lowest BCUT2D eigenvalue weighted by Crippen LogP contribution is -2.39. The molecule has 3 aromatic rings. The van der Waals surface area contributed by atoms with Crippen molar-refractivity contribution in [3.63, 3.8) is 0 Å². The molecule has 0 atom stereocenters. The average molecular weight is 356 g/mol. The number of rotatable bonds is 7. The Labute approximate surface area is 151 Å². The Kier molecular flexibility index (Phi) is 5.62. The molecule has 0 aliphatic rings. The Morgan fingerprint density at radius 1 is 1.12 bits per heavy atom. The summed E-state index contributed by atoms with van der Waals surface area (Å²) >= 11 is 0. The molecule has 0 saturated carbocycles. The Balaban J connectivity index is 1.54. The summed E-state index contributed by atoms with van der Waals surface area (Å²) in [4.78, 5) is 13.1. The molecule has 10 nitrogen and oxygen atoms in total. The van der Waals surface area contributed by atoms with Crippen LogP contribution in [0.15, 0.2) is 29.8 Å². The third kappa shape index (κ3) is 4.08. The van der Waals surface area contributed by atoms with Crippen molar-refractivity contribution in [3.8, 4) is 0 Å². The van der Waals surface area contributed by atoms with E-state index >= 15 is 0 Å². The normalized spacial score (nSPS) is 11.7. The number of anilines is 1. The second-order valence-corrected chi connectivity index (χ2v) is 5.72. The van der Waals surface area contributed by atoms with Crippen LogP contribution in [-0.4, -0.2) is 55.1 Å². The Hall–Kier alpha value is -3.17. The van der Waals surface area contributed by atoms with Gasteiger partial charge in [0.05, 0.1) is 23.8 Å². The molecule has 0 aromatic carbocycles. The van der Waals surface area contributed by atoms with Crippen LogP contribution in [0.1, 0.15) is 12.6 Å². The summed E-state index contributed by atoms with van der Waals surface area (Å²) in [5.41, 5.74) is 1.86. The van der Waals surface area contributed by atoms with Crippen LogP contribution < -0.4 is 16.0 Å². The number of fused-ring (bicyclic) bond motifs is 1. The fraction of sp³-hybridized carbons (Fsp3) is 0.438. The van der Waals surface area contributed by atoms with Crippen LogP contribution in [0, 0.1) is 0 Å². The first-order chi connectivity index (χ1) is 12.7. The van der Waals surface area contributed by atoms with E-state index in [-0.39, 0.29) is 0 Å². The summed E-state index contributed by atoms with van der Waals surface area (Å²) in [6.07, 6.45) is 5.08. The van der Waals surface area contributed by atoms with Gasteiger partial charge in [-0.25, -0.2) is 15.0 Å². The van der Waals surface area contributed by atoms with Crippen LogP contribution in [0.5, 0.6) is 0 Å². The maximum Gasteiger partial charge on any atom is 0.191 e. The molecule has 0 aliphatic heterocycles. The molecule has 3 aromatic heterocycles. The number of nitrogens with zero attached hydrogens (tertiary/aromatic N) is 7. The molecule has 0 spiro atoms. The molecule has 0 fully saturated rings. The fourth-order valence-corrected chi connectivity index (χ4v) is 2.52. The van der Waals surface area contributed by atoms with Crippen LogP contribution in [0.2, 0.25) is 0 Å². The second kappa shape index (κ2) is 8.28. The predicted octanol–water partition coefficient (Wildman–Crippen LogP) is 0.264. The molecule has 0 radical (unpaired) electrons. The highest BCUT2D eigenvalue weighted by molar-refractivity contribution is 5.86. The van der Waals surface area contributed by atoms with E-state index in [9.17, 15) is 0 Å². The summed E-state index contributed by atoms with van der Waals surface area (Å²) in [7, 11) is 3.78. The van der Waals surface area contributed by atoms with Crippen molar-refractivity contribution in [1.82, 2.24) is 40.2 Å². The highest BCUT2D eigenvalue weighted by Gasteiger charge is 2.07. The van der Waals surface area contributed by atoms with Gasteiger partial charge in [-0.05, 0) is 13.0 Å². The van der Waals surface area contributed by atoms with Crippen LogP contribution in [0.4, 0.5) is 5.82 Å². The molecule has 3 N–H and O–H groups in total. The standard InChI is InChI=1S/C16H24N10/c1-4-17-16(20-9-12-5-6-23-25(12)2)19-8-7-18-14-13-10-24-26(3)15(13)22-11-21-14/h5-6,10-11H,4,7-9H2,1-3H3,(H2,17,19,20)(H,18,21,22). The van der Waals surface area contributed by atoms with Gasteiger partial charge in [-0.3, -0.25) is 9.36 Å². The molecular formula is C16H24N10. The number of guanidine groups is 1. The number of hydrogen-bond acceptors (Lipinski definition) is 6. The molecule has 3 heterocycles. The Bertz CT molecular complexity index is 878. The van der Waals surface area contributed by atoms with Crippen molar-refractivity contribution in [1.29, 1.82) is 0 Å². The van der Waals surface area contributed by atoms with Gasteiger partial charge < -0.3 is 16.0 Å². The number of aliphatic imine (C=N–C) groups is 1. The zero-order chi connectivity index (χ0) is 18.4. The number of nitrogens with one attached hydrogen (secondary N) is 3. The monoisotopic (exact) mass is 356 g/mol. The van der Waals surface area contributed by atoms with Crippen molar-refractivity contribution >= 4 is 22.8 Å². The van der Waals surface area contributed by atoms with Crippen molar-refractivity contribution in [3.05, 3.63) is 30.5 Å². The van der Waals surface area contributed by atoms with Crippen LogP contribution in [-0.2, 0) is 20.6 Å². The van der Waals surface area contributed by atoms with Gasteiger partial charge in [0.15, 0.2) is 11.6 Å². The van der Waals surface area contributed by atoms with E-state index in [1.165, 1.54) is 0 Å². The molecule has 0 saturated heterocycles. The topological polar surface area (TPSA) is 110 Å². The number of aromatic nitrogens is 6. The molecule has 26 heavy (non-hydrogen) atoms. The maximum atomic E-state index is 4.58. The van der Waals surface area contributed by atoms with Crippen molar-refractivity contribution in [2.45, 2.75) is 13.5 Å². The van der Waals surface area contributed by atoms with Crippen LogP contribution in [0.3, 0.4) is 0 Å². The molecule has 10 heteroatoms. The zero-order valence-electron chi connectivity index (χ0n) is 15.3. The minimum absolute atomic E-state index is 0.571. The van der Waals surface area contributed by atoms with Gasteiger partial charge >= 0.3 is 0 Å². The van der Waals surface area contributed by atoms with Crippen LogP contribution >= 0.6 is 0 Å². The third-order valence-electron chi connectivity index (χ3n) is 3.91. The first-order valence-electron chi connectivity index (χ1n) is 8.54. The molecule has 0 amide bonds. The van der Waals surface area contributed by atoms with Gasteiger partial charge in [-0.2, -0.15) is 10.2 Å². The van der Waals surface area contributed by atoms with E-state index in [4.69, 9.17) is 0 Å². The Morgan fingerprint density at radius 2 is 2.00 bits per heavy atom. The average Bonchev–Trinajstić information content (AvgIpc) is 3.23. The first-order valence-corrected chi connectivity index (χ1v) is 8.54. The third-order valence-corrected chi connectivity index (χ3v) is 3.91. The quantitative estimate of drug-likeness (QED) is 0.316.